The molecule has 0 saturated heterocycles. The molecular formula is C37H42ClN3O5S. The highest BCUT2D eigenvalue weighted by Gasteiger charge is 2.35. The van der Waals surface area contributed by atoms with Crippen molar-refractivity contribution in [3.63, 3.8) is 0 Å². The van der Waals surface area contributed by atoms with E-state index in [0.717, 1.165) is 21.0 Å². The Balaban J connectivity index is 1.85. The Labute approximate surface area is 283 Å². The minimum absolute atomic E-state index is 0.0324. The van der Waals surface area contributed by atoms with E-state index < -0.39 is 28.5 Å². The van der Waals surface area contributed by atoms with Crippen LogP contribution in [0.25, 0.3) is 0 Å². The summed E-state index contributed by atoms with van der Waals surface area (Å²) in [6, 6.07) is 27.0. The number of hydrogen-bond donors (Lipinski definition) is 1. The van der Waals surface area contributed by atoms with Crippen molar-refractivity contribution in [2.75, 3.05) is 18.0 Å². The van der Waals surface area contributed by atoms with Gasteiger partial charge in [0.05, 0.1) is 17.7 Å². The number of rotatable bonds is 14. The van der Waals surface area contributed by atoms with Crippen LogP contribution in [0.4, 0.5) is 5.69 Å². The Bertz CT molecular complexity index is 1780. The van der Waals surface area contributed by atoms with Crippen LogP contribution in [-0.2, 0) is 32.6 Å². The van der Waals surface area contributed by atoms with Gasteiger partial charge in [-0.2, -0.15) is 0 Å². The van der Waals surface area contributed by atoms with Crippen LogP contribution in [0.1, 0.15) is 42.5 Å². The van der Waals surface area contributed by atoms with E-state index >= 15 is 0 Å². The van der Waals surface area contributed by atoms with Crippen LogP contribution in [-0.4, -0.2) is 50.9 Å². The second-order valence-electron chi connectivity index (χ2n) is 11.7. The third-order valence-electron chi connectivity index (χ3n) is 8.09. The minimum atomic E-state index is -4.24. The molecule has 4 aromatic rings. The zero-order chi connectivity index (χ0) is 34.1. The van der Waals surface area contributed by atoms with Gasteiger partial charge in [0.15, 0.2) is 0 Å². The highest BCUT2D eigenvalue weighted by molar-refractivity contribution is 7.92. The summed E-state index contributed by atoms with van der Waals surface area (Å²) in [6.45, 7) is 6.98. The van der Waals surface area contributed by atoms with Gasteiger partial charge >= 0.3 is 0 Å². The number of benzene rings is 4. The maximum absolute atomic E-state index is 14.7. The van der Waals surface area contributed by atoms with Gasteiger partial charge < -0.3 is 15.0 Å². The molecule has 0 fully saturated rings. The van der Waals surface area contributed by atoms with Crippen molar-refractivity contribution >= 4 is 39.1 Å². The smallest absolute Gasteiger partial charge is 0.264 e. The lowest BCUT2D eigenvalue weighted by atomic mass is 10.0. The fourth-order valence-corrected chi connectivity index (χ4v) is 6.80. The highest BCUT2D eigenvalue weighted by atomic mass is 35.5. The largest absolute Gasteiger partial charge is 0.497 e. The highest BCUT2D eigenvalue weighted by Crippen LogP contribution is 2.30. The number of carbonyl (C=O) groups excluding carboxylic acids is 2. The van der Waals surface area contributed by atoms with E-state index in [4.69, 9.17) is 16.3 Å². The van der Waals surface area contributed by atoms with E-state index in [1.165, 1.54) is 17.0 Å². The van der Waals surface area contributed by atoms with Gasteiger partial charge in [-0.1, -0.05) is 84.8 Å². The standard InChI is InChI=1S/C37H42ClN3O5S/c1-6-28(4)39-37(43)35(22-29-11-8-7-9-12-29)40(24-30-13-10-14-32(21-30)46-5)36(42)25-41(34-23-31(38)18-17-27(34)3)47(44,45)33-19-15-26(2)16-20-33/h7-21,23,28,35H,6,22,24-25H2,1-5H3,(H,39,43)/t28-,35+/m1/s1. The van der Waals surface area contributed by atoms with E-state index in [2.05, 4.69) is 5.32 Å². The van der Waals surface area contributed by atoms with Gasteiger partial charge in [0.25, 0.3) is 10.0 Å². The maximum atomic E-state index is 14.7. The lowest BCUT2D eigenvalue weighted by Crippen LogP contribution is -2.54. The van der Waals surface area contributed by atoms with Gasteiger partial charge in [0.2, 0.25) is 11.8 Å². The van der Waals surface area contributed by atoms with Crippen molar-refractivity contribution in [1.29, 1.82) is 0 Å². The number of ether oxygens (including phenoxy) is 1. The topological polar surface area (TPSA) is 96.0 Å². The molecule has 0 heterocycles. The SMILES string of the molecule is CC[C@@H](C)NC(=O)[C@H](Cc1ccccc1)N(Cc1cccc(OC)c1)C(=O)CN(c1cc(Cl)ccc1C)S(=O)(=O)c1ccc(C)cc1. The monoisotopic (exact) mass is 675 g/mol. The van der Waals surface area contributed by atoms with Gasteiger partial charge in [-0.15, -0.1) is 0 Å². The molecular weight excluding hydrogens is 634 g/mol. The Morgan fingerprint density at radius 1 is 0.894 bits per heavy atom. The van der Waals surface area contributed by atoms with Gasteiger partial charge in [-0.25, -0.2) is 8.42 Å². The number of amides is 2. The number of nitrogens with one attached hydrogen (secondary N) is 1. The van der Waals surface area contributed by atoms with Crippen LogP contribution in [0.2, 0.25) is 5.02 Å². The number of sulfonamides is 1. The fourth-order valence-electron chi connectivity index (χ4n) is 5.16. The molecule has 4 rings (SSSR count). The fraction of sp³-hybridized carbons (Fsp3) is 0.297. The average Bonchev–Trinajstić information content (AvgIpc) is 3.06. The van der Waals surface area contributed by atoms with E-state index in [1.807, 2.05) is 63.2 Å². The summed E-state index contributed by atoms with van der Waals surface area (Å²) in [7, 11) is -2.69. The summed E-state index contributed by atoms with van der Waals surface area (Å²) in [4.78, 5) is 30.2. The normalized spacial score (nSPS) is 12.6. The molecule has 0 unspecified atom stereocenters. The Hall–Kier alpha value is -4.34. The first-order valence-electron chi connectivity index (χ1n) is 15.5. The third kappa shape index (κ3) is 9.14. The molecule has 1 N–H and O–H groups in total. The van der Waals surface area contributed by atoms with Crippen molar-refractivity contribution in [3.05, 3.63) is 124 Å². The predicted molar refractivity (Wildman–Crippen MR) is 187 cm³/mol. The molecule has 0 aromatic heterocycles. The quantitative estimate of drug-likeness (QED) is 0.160. The summed E-state index contributed by atoms with van der Waals surface area (Å²) in [5.41, 5.74) is 3.36. The third-order valence-corrected chi connectivity index (χ3v) is 10.1. The van der Waals surface area contributed by atoms with E-state index in [9.17, 15) is 18.0 Å². The molecule has 0 radical (unpaired) electrons. The van der Waals surface area contributed by atoms with Crippen molar-refractivity contribution < 1.29 is 22.7 Å². The number of nitrogens with zero attached hydrogens (tertiary/aromatic N) is 2. The zero-order valence-electron chi connectivity index (χ0n) is 27.4. The van der Waals surface area contributed by atoms with Crippen LogP contribution in [0.3, 0.4) is 0 Å². The van der Waals surface area contributed by atoms with Crippen molar-refractivity contribution in [2.24, 2.45) is 0 Å². The summed E-state index contributed by atoms with van der Waals surface area (Å²) in [5, 5.41) is 3.37. The molecule has 0 aliphatic carbocycles. The number of aryl methyl sites for hydroxylation is 2. The first-order chi connectivity index (χ1) is 22.4. The molecule has 4 aromatic carbocycles. The van der Waals surface area contributed by atoms with Crippen molar-refractivity contribution in [1.82, 2.24) is 10.2 Å². The molecule has 2 amide bonds. The number of methoxy groups -OCH3 is 1. The van der Waals surface area contributed by atoms with Gasteiger partial charge in [0.1, 0.15) is 18.3 Å². The predicted octanol–water partition coefficient (Wildman–Crippen LogP) is 6.72. The minimum Gasteiger partial charge on any atom is -0.497 e. The lowest BCUT2D eigenvalue weighted by molar-refractivity contribution is -0.140. The number of anilines is 1. The van der Waals surface area contributed by atoms with Gasteiger partial charge in [-0.05, 0) is 80.3 Å². The molecule has 47 heavy (non-hydrogen) atoms. The molecule has 0 saturated carbocycles. The molecule has 8 nitrogen and oxygen atoms in total. The maximum Gasteiger partial charge on any atom is 0.264 e. The first kappa shape index (κ1) is 35.5. The molecule has 2 atom stereocenters. The van der Waals surface area contributed by atoms with E-state index in [0.29, 0.717) is 22.8 Å². The Kier molecular flexibility index (Phi) is 12.1. The summed E-state index contributed by atoms with van der Waals surface area (Å²) in [5.74, 6) is -0.286. The summed E-state index contributed by atoms with van der Waals surface area (Å²) in [6.07, 6.45) is 0.921. The molecule has 248 valence electrons. The van der Waals surface area contributed by atoms with E-state index in [1.54, 1.807) is 56.5 Å². The molecule has 0 aliphatic heterocycles. The van der Waals surface area contributed by atoms with Gasteiger partial charge in [-0.3, -0.25) is 13.9 Å². The number of carbonyl (C=O) groups is 2. The average molecular weight is 676 g/mol. The molecule has 0 bridgehead atoms. The first-order valence-corrected chi connectivity index (χ1v) is 17.4. The number of halogens is 1. The molecule has 0 spiro atoms. The van der Waals surface area contributed by atoms with Crippen LogP contribution < -0.4 is 14.4 Å². The van der Waals surface area contributed by atoms with Crippen LogP contribution in [0, 0.1) is 13.8 Å². The lowest BCUT2D eigenvalue weighted by Gasteiger charge is -2.34. The van der Waals surface area contributed by atoms with Crippen LogP contribution in [0.15, 0.2) is 102 Å². The van der Waals surface area contributed by atoms with Crippen LogP contribution in [0.5, 0.6) is 5.75 Å². The van der Waals surface area contributed by atoms with Crippen molar-refractivity contribution in [3.8, 4) is 5.75 Å². The summed E-state index contributed by atoms with van der Waals surface area (Å²) >= 11 is 6.38. The number of hydrogen-bond acceptors (Lipinski definition) is 5. The van der Waals surface area contributed by atoms with Gasteiger partial charge in [0, 0.05) is 24.0 Å². The second kappa shape index (κ2) is 16.0. The summed E-state index contributed by atoms with van der Waals surface area (Å²) < 4.78 is 35.1. The molecule has 10 heteroatoms. The van der Waals surface area contributed by atoms with E-state index in [-0.39, 0.29) is 35.5 Å². The second-order valence-corrected chi connectivity index (χ2v) is 14.0. The van der Waals surface area contributed by atoms with Crippen LogP contribution >= 0.6 is 11.6 Å². The molecule has 0 aliphatic rings. The zero-order valence-corrected chi connectivity index (χ0v) is 29.0. The Morgan fingerprint density at radius 2 is 1.57 bits per heavy atom. The van der Waals surface area contributed by atoms with Crippen molar-refractivity contribution in [2.45, 2.75) is 64.1 Å². The Morgan fingerprint density at radius 3 is 2.23 bits per heavy atom.